The Bertz CT molecular complexity index is 728. The van der Waals surface area contributed by atoms with Crippen molar-refractivity contribution in [3.63, 3.8) is 0 Å². The number of hydrazone groups is 1. The highest BCUT2D eigenvalue weighted by molar-refractivity contribution is 5.85. The van der Waals surface area contributed by atoms with Gasteiger partial charge in [-0.05, 0) is 48.9 Å². The van der Waals surface area contributed by atoms with Crippen LogP contribution in [0.15, 0.2) is 53.6 Å². The molecule has 1 heterocycles. The van der Waals surface area contributed by atoms with Crippen molar-refractivity contribution in [1.29, 1.82) is 0 Å². The smallest absolute Gasteiger partial charge is 0.284 e. The zero-order valence-corrected chi connectivity index (χ0v) is 13.3. The summed E-state index contributed by atoms with van der Waals surface area (Å²) in [5.41, 5.74) is 3.32. The van der Waals surface area contributed by atoms with Gasteiger partial charge in [0.1, 0.15) is 12.4 Å². The van der Waals surface area contributed by atoms with Gasteiger partial charge < -0.3 is 14.2 Å². The summed E-state index contributed by atoms with van der Waals surface area (Å²) in [5, 5.41) is 3.95. The van der Waals surface area contributed by atoms with Crippen LogP contribution in [-0.4, -0.2) is 31.4 Å². The number of rotatable bonds is 5. The highest BCUT2D eigenvalue weighted by Crippen LogP contribution is 2.30. The van der Waals surface area contributed by atoms with Gasteiger partial charge in [0.25, 0.3) is 5.91 Å². The maximum atomic E-state index is 12.1. The minimum absolute atomic E-state index is 0.154. The molecular formula is C18H18N2O4. The van der Waals surface area contributed by atoms with E-state index in [1.54, 1.807) is 18.3 Å². The molecule has 1 amide bonds. The molecule has 0 saturated heterocycles. The summed E-state index contributed by atoms with van der Waals surface area (Å²) in [4.78, 5) is 12.1. The number of hydrogen-bond donors (Lipinski definition) is 1. The van der Waals surface area contributed by atoms with Crippen LogP contribution in [0.5, 0.6) is 17.2 Å². The van der Waals surface area contributed by atoms with Crippen LogP contribution in [0.3, 0.4) is 0 Å². The lowest BCUT2D eigenvalue weighted by Gasteiger charge is -2.24. The average molecular weight is 326 g/mol. The second kappa shape index (κ2) is 7.50. The number of para-hydroxylation sites is 2. The van der Waals surface area contributed by atoms with E-state index in [2.05, 4.69) is 10.5 Å². The van der Waals surface area contributed by atoms with E-state index < -0.39 is 6.10 Å². The highest BCUT2D eigenvalue weighted by atomic mass is 16.6. The molecule has 3 rings (SSSR count). The molecule has 2 aromatic carbocycles. The van der Waals surface area contributed by atoms with E-state index >= 15 is 0 Å². The second-order valence-electron chi connectivity index (χ2n) is 5.10. The summed E-state index contributed by atoms with van der Waals surface area (Å²) in [6, 6.07) is 14.7. The molecule has 6 nitrogen and oxygen atoms in total. The SMILES string of the molecule is CCOc1ccc(/C=N\NC(=O)[C@@H]2COc3ccccc3O2)cc1. The molecule has 1 aliphatic rings. The molecule has 0 aliphatic carbocycles. The van der Waals surface area contributed by atoms with Crippen molar-refractivity contribution >= 4 is 12.1 Å². The molecule has 6 heteroatoms. The molecule has 1 aliphatic heterocycles. The maximum Gasteiger partial charge on any atom is 0.284 e. The summed E-state index contributed by atoms with van der Waals surface area (Å²) in [6.45, 7) is 2.71. The number of benzene rings is 2. The Balaban J connectivity index is 1.54. The van der Waals surface area contributed by atoms with Gasteiger partial charge >= 0.3 is 0 Å². The van der Waals surface area contributed by atoms with E-state index in [9.17, 15) is 4.79 Å². The Hall–Kier alpha value is -3.02. The lowest BCUT2D eigenvalue weighted by Crippen LogP contribution is -2.42. The Morgan fingerprint density at radius 3 is 2.75 bits per heavy atom. The first-order valence-electron chi connectivity index (χ1n) is 7.70. The molecule has 0 fully saturated rings. The minimum atomic E-state index is -0.725. The molecule has 1 atom stereocenters. The standard InChI is InChI=1S/C18H18N2O4/c1-2-22-14-9-7-13(8-10-14)11-19-20-18(21)17-12-23-15-5-3-4-6-16(15)24-17/h3-11,17H,2,12H2,1H3,(H,20,21)/b19-11-/t17-/m0/s1. The van der Waals surface area contributed by atoms with Gasteiger partial charge in [0.05, 0.1) is 12.8 Å². The number of nitrogens with one attached hydrogen (secondary N) is 1. The first kappa shape index (κ1) is 15.9. The van der Waals surface area contributed by atoms with Crippen LogP contribution in [0, 0.1) is 0 Å². The molecule has 124 valence electrons. The van der Waals surface area contributed by atoms with Gasteiger partial charge in [-0.25, -0.2) is 5.43 Å². The maximum absolute atomic E-state index is 12.1. The molecule has 0 unspecified atom stereocenters. The quantitative estimate of drug-likeness (QED) is 0.676. The number of hydrogen-bond acceptors (Lipinski definition) is 5. The van der Waals surface area contributed by atoms with Crippen molar-refractivity contribution in [3.8, 4) is 17.2 Å². The Labute approximate surface area is 140 Å². The van der Waals surface area contributed by atoms with Gasteiger partial charge in [0, 0.05) is 0 Å². The monoisotopic (exact) mass is 326 g/mol. The van der Waals surface area contributed by atoms with Gasteiger partial charge in [-0.3, -0.25) is 4.79 Å². The molecule has 0 saturated carbocycles. The lowest BCUT2D eigenvalue weighted by atomic mass is 10.2. The fourth-order valence-electron chi connectivity index (χ4n) is 2.21. The highest BCUT2D eigenvalue weighted by Gasteiger charge is 2.26. The van der Waals surface area contributed by atoms with Gasteiger partial charge in [0.15, 0.2) is 11.5 Å². The van der Waals surface area contributed by atoms with Crippen LogP contribution in [0.2, 0.25) is 0 Å². The zero-order chi connectivity index (χ0) is 16.8. The summed E-state index contributed by atoms with van der Waals surface area (Å²) in [6.07, 6.45) is 0.836. The second-order valence-corrected chi connectivity index (χ2v) is 5.10. The molecule has 0 aromatic heterocycles. The molecule has 24 heavy (non-hydrogen) atoms. The van der Waals surface area contributed by atoms with Crippen LogP contribution in [0.1, 0.15) is 12.5 Å². The Morgan fingerprint density at radius 1 is 1.25 bits per heavy atom. The first-order valence-corrected chi connectivity index (χ1v) is 7.70. The molecule has 0 radical (unpaired) electrons. The van der Waals surface area contributed by atoms with E-state index in [0.717, 1.165) is 11.3 Å². The summed E-state index contributed by atoms with van der Waals surface area (Å²) < 4.78 is 16.5. The first-order chi connectivity index (χ1) is 11.8. The lowest BCUT2D eigenvalue weighted by molar-refractivity contribution is -0.130. The summed E-state index contributed by atoms with van der Waals surface area (Å²) in [5.74, 6) is 1.63. The number of amides is 1. The van der Waals surface area contributed by atoms with Crippen LogP contribution in [0.25, 0.3) is 0 Å². The number of nitrogens with zero attached hydrogens (tertiary/aromatic N) is 1. The molecule has 2 aromatic rings. The Morgan fingerprint density at radius 2 is 2.00 bits per heavy atom. The van der Waals surface area contributed by atoms with E-state index in [1.165, 1.54) is 0 Å². The molecular weight excluding hydrogens is 308 g/mol. The average Bonchev–Trinajstić information content (AvgIpc) is 2.63. The van der Waals surface area contributed by atoms with Crippen molar-refractivity contribution < 1.29 is 19.0 Å². The van der Waals surface area contributed by atoms with E-state index in [0.29, 0.717) is 18.1 Å². The number of ether oxygens (including phenoxy) is 3. The number of fused-ring (bicyclic) bond motifs is 1. The van der Waals surface area contributed by atoms with Crippen molar-refractivity contribution in [3.05, 3.63) is 54.1 Å². The van der Waals surface area contributed by atoms with E-state index in [1.807, 2.05) is 43.3 Å². The Kier molecular flexibility index (Phi) is 4.96. The van der Waals surface area contributed by atoms with Crippen LogP contribution >= 0.6 is 0 Å². The van der Waals surface area contributed by atoms with Gasteiger partial charge in [-0.2, -0.15) is 5.10 Å². The third-order valence-electron chi connectivity index (χ3n) is 3.38. The summed E-state index contributed by atoms with van der Waals surface area (Å²) in [7, 11) is 0. The predicted octanol–water partition coefficient (Wildman–Crippen LogP) is 2.38. The van der Waals surface area contributed by atoms with Crippen molar-refractivity contribution in [2.75, 3.05) is 13.2 Å². The normalized spacial score (nSPS) is 16.0. The van der Waals surface area contributed by atoms with Gasteiger partial charge in [-0.15, -0.1) is 0 Å². The number of carbonyl (C=O) groups excluding carboxylic acids is 1. The molecule has 0 spiro atoms. The third kappa shape index (κ3) is 3.84. The van der Waals surface area contributed by atoms with Crippen molar-refractivity contribution in [1.82, 2.24) is 5.43 Å². The van der Waals surface area contributed by atoms with Gasteiger partial charge in [0.2, 0.25) is 6.10 Å². The predicted molar refractivity (Wildman–Crippen MR) is 89.7 cm³/mol. The molecule has 0 bridgehead atoms. The third-order valence-corrected chi connectivity index (χ3v) is 3.38. The van der Waals surface area contributed by atoms with E-state index in [-0.39, 0.29) is 12.5 Å². The van der Waals surface area contributed by atoms with Crippen LogP contribution in [-0.2, 0) is 4.79 Å². The summed E-state index contributed by atoms with van der Waals surface area (Å²) >= 11 is 0. The fraction of sp³-hybridized carbons (Fsp3) is 0.222. The van der Waals surface area contributed by atoms with Crippen LogP contribution < -0.4 is 19.6 Å². The largest absolute Gasteiger partial charge is 0.494 e. The van der Waals surface area contributed by atoms with Crippen molar-refractivity contribution in [2.24, 2.45) is 5.10 Å². The zero-order valence-electron chi connectivity index (χ0n) is 13.3. The topological polar surface area (TPSA) is 69.2 Å². The van der Waals surface area contributed by atoms with Crippen LogP contribution in [0.4, 0.5) is 0 Å². The van der Waals surface area contributed by atoms with Crippen molar-refractivity contribution in [2.45, 2.75) is 13.0 Å². The minimum Gasteiger partial charge on any atom is -0.494 e. The number of carbonyl (C=O) groups is 1. The van der Waals surface area contributed by atoms with Gasteiger partial charge in [-0.1, -0.05) is 12.1 Å². The fourth-order valence-corrected chi connectivity index (χ4v) is 2.21. The molecule has 1 N–H and O–H groups in total. The van der Waals surface area contributed by atoms with E-state index in [4.69, 9.17) is 14.2 Å².